The van der Waals surface area contributed by atoms with Crippen molar-refractivity contribution in [2.75, 3.05) is 26.2 Å². The molecule has 8 nitrogen and oxygen atoms in total. The number of nitrogens with one attached hydrogen (secondary N) is 2. The Kier molecular flexibility index (Phi) is 8.24. The lowest BCUT2D eigenvalue weighted by Gasteiger charge is -2.20. The fourth-order valence-electron chi connectivity index (χ4n) is 3.57. The molecule has 3 N–H and O–H groups in total. The second kappa shape index (κ2) is 11.1. The fraction of sp³-hybridized carbons (Fsp3) is 0.391. The normalized spacial score (nSPS) is 15.0. The van der Waals surface area contributed by atoms with Crippen LogP contribution in [-0.4, -0.2) is 55.8 Å². The predicted octanol–water partition coefficient (Wildman–Crippen LogP) is 2.51. The van der Waals surface area contributed by atoms with Gasteiger partial charge < -0.3 is 15.7 Å². The van der Waals surface area contributed by atoms with Gasteiger partial charge in [0.15, 0.2) is 0 Å². The number of carbonyl (C=O) groups is 2. The minimum absolute atomic E-state index is 0.0185. The number of hydrogen-bond acceptors (Lipinski definition) is 5. The minimum atomic E-state index is -3.62. The molecule has 2 amide bonds. The lowest BCUT2D eigenvalue weighted by molar-refractivity contribution is 0.0951. The number of aromatic hydroxyl groups is 1. The molecule has 0 bridgehead atoms. The van der Waals surface area contributed by atoms with Gasteiger partial charge >= 0.3 is 0 Å². The molecule has 172 valence electrons. The lowest BCUT2D eigenvalue weighted by Crippen LogP contribution is -2.32. The van der Waals surface area contributed by atoms with E-state index in [0.29, 0.717) is 38.2 Å². The highest BCUT2D eigenvalue weighted by atomic mass is 32.2. The first-order valence-electron chi connectivity index (χ1n) is 10.8. The Morgan fingerprint density at radius 3 is 2.00 bits per heavy atom. The molecule has 0 radical (unpaired) electrons. The summed E-state index contributed by atoms with van der Waals surface area (Å²) in [5.41, 5.74) is 0.640. The second-order valence-electron chi connectivity index (χ2n) is 7.76. The van der Waals surface area contributed by atoms with Crippen LogP contribution in [0.1, 0.15) is 52.8 Å². The first-order valence-corrected chi connectivity index (χ1v) is 12.3. The van der Waals surface area contributed by atoms with E-state index in [9.17, 15) is 23.1 Å². The zero-order chi connectivity index (χ0) is 23.0. The fourth-order valence-corrected chi connectivity index (χ4v) is 5.14. The van der Waals surface area contributed by atoms with Crippen LogP contribution in [-0.2, 0) is 10.0 Å². The van der Waals surface area contributed by atoms with Crippen LogP contribution < -0.4 is 10.6 Å². The van der Waals surface area contributed by atoms with Crippen molar-refractivity contribution in [3.63, 3.8) is 0 Å². The molecule has 2 aromatic rings. The highest BCUT2D eigenvalue weighted by molar-refractivity contribution is 7.89. The number of carbonyl (C=O) groups excluding carboxylic acids is 2. The summed E-state index contributed by atoms with van der Waals surface area (Å²) < 4.78 is 27.4. The standard InChI is InChI=1S/C23H29N3O5S/c27-20-10-5-8-18(16-20)22(28)24-12-7-13-25-23(29)19-9-6-11-21(17-19)32(30,31)26-14-3-1-2-4-15-26/h5-6,8-11,16-17,27H,1-4,7,12-15H2,(H,24,28)(H,25,29). The highest BCUT2D eigenvalue weighted by Gasteiger charge is 2.25. The topological polar surface area (TPSA) is 116 Å². The zero-order valence-corrected chi connectivity index (χ0v) is 18.7. The van der Waals surface area contributed by atoms with Gasteiger partial charge in [0.25, 0.3) is 11.8 Å². The van der Waals surface area contributed by atoms with E-state index < -0.39 is 10.0 Å². The first-order chi connectivity index (χ1) is 15.4. The monoisotopic (exact) mass is 459 g/mol. The number of nitrogens with zero attached hydrogens (tertiary/aromatic N) is 1. The van der Waals surface area contributed by atoms with Crippen LogP contribution in [0.4, 0.5) is 0 Å². The smallest absolute Gasteiger partial charge is 0.251 e. The molecule has 3 rings (SSSR count). The van der Waals surface area contributed by atoms with Crippen molar-refractivity contribution in [1.29, 1.82) is 0 Å². The molecule has 1 aliphatic heterocycles. The largest absolute Gasteiger partial charge is 0.508 e. The average Bonchev–Trinajstić information content (AvgIpc) is 3.09. The van der Waals surface area contributed by atoms with Crippen LogP contribution in [0.15, 0.2) is 53.4 Å². The van der Waals surface area contributed by atoms with Gasteiger partial charge in [0.2, 0.25) is 10.0 Å². The maximum Gasteiger partial charge on any atom is 0.251 e. The Bertz CT molecular complexity index is 1050. The average molecular weight is 460 g/mol. The Hall–Kier alpha value is -2.91. The van der Waals surface area contributed by atoms with Gasteiger partial charge in [0, 0.05) is 37.3 Å². The highest BCUT2D eigenvalue weighted by Crippen LogP contribution is 2.21. The van der Waals surface area contributed by atoms with Gasteiger partial charge in [-0.3, -0.25) is 9.59 Å². The summed E-state index contributed by atoms with van der Waals surface area (Å²) in [6.45, 7) is 1.68. The zero-order valence-electron chi connectivity index (χ0n) is 17.9. The van der Waals surface area contributed by atoms with E-state index in [0.717, 1.165) is 25.7 Å². The van der Waals surface area contributed by atoms with Crippen molar-refractivity contribution in [2.45, 2.75) is 37.0 Å². The Morgan fingerprint density at radius 1 is 0.844 bits per heavy atom. The molecular weight excluding hydrogens is 430 g/mol. The van der Waals surface area contributed by atoms with Gasteiger partial charge in [0.05, 0.1) is 4.90 Å². The number of amides is 2. The lowest BCUT2D eigenvalue weighted by atomic mass is 10.2. The van der Waals surface area contributed by atoms with Gasteiger partial charge in [-0.05, 0) is 55.7 Å². The van der Waals surface area contributed by atoms with Gasteiger partial charge in [-0.25, -0.2) is 8.42 Å². The van der Waals surface area contributed by atoms with Crippen LogP contribution in [0.5, 0.6) is 5.75 Å². The van der Waals surface area contributed by atoms with Crippen molar-refractivity contribution in [1.82, 2.24) is 14.9 Å². The molecule has 0 unspecified atom stereocenters. The first kappa shape index (κ1) is 23.7. The van der Waals surface area contributed by atoms with Crippen molar-refractivity contribution in [2.24, 2.45) is 0 Å². The Labute approximate surface area is 188 Å². The SMILES string of the molecule is O=C(NCCCNC(=O)c1cccc(S(=O)(=O)N2CCCCCC2)c1)c1cccc(O)c1. The predicted molar refractivity (Wildman–Crippen MR) is 121 cm³/mol. The molecule has 0 spiro atoms. The summed E-state index contributed by atoms with van der Waals surface area (Å²) in [6.07, 6.45) is 4.26. The van der Waals surface area contributed by atoms with Crippen LogP contribution in [0, 0.1) is 0 Å². The summed E-state index contributed by atoms with van der Waals surface area (Å²) in [6, 6.07) is 12.2. The number of phenols is 1. The Morgan fingerprint density at radius 2 is 1.41 bits per heavy atom. The van der Waals surface area contributed by atoms with Gasteiger partial charge in [-0.2, -0.15) is 4.31 Å². The molecule has 32 heavy (non-hydrogen) atoms. The summed E-state index contributed by atoms with van der Waals surface area (Å²) in [5.74, 6) is -0.652. The maximum absolute atomic E-state index is 13.0. The number of phenolic OH excluding ortho intramolecular Hbond substituents is 1. The van der Waals surface area contributed by atoms with E-state index in [1.165, 1.54) is 28.6 Å². The molecule has 2 aromatic carbocycles. The molecule has 9 heteroatoms. The molecule has 1 heterocycles. The van der Waals surface area contributed by atoms with E-state index >= 15 is 0 Å². The summed E-state index contributed by atoms with van der Waals surface area (Å²) >= 11 is 0. The van der Waals surface area contributed by atoms with E-state index in [1.807, 2.05) is 0 Å². The van der Waals surface area contributed by atoms with Gasteiger partial charge in [0.1, 0.15) is 5.75 Å². The Balaban J connectivity index is 1.50. The molecule has 0 aromatic heterocycles. The molecule has 1 fully saturated rings. The number of sulfonamides is 1. The van der Waals surface area contributed by atoms with E-state index in [1.54, 1.807) is 24.3 Å². The molecule has 0 saturated carbocycles. The van der Waals surface area contributed by atoms with Gasteiger partial charge in [-0.15, -0.1) is 0 Å². The van der Waals surface area contributed by atoms with Crippen molar-refractivity contribution in [3.8, 4) is 5.75 Å². The van der Waals surface area contributed by atoms with Crippen LogP contribution in [0.25, 0.3) is 0 Å². The van der Waals surface area contributed by atoms with E-state index in [4.69, 9.17) is 0 Å². The second-order valence-corrected chi connectivity index (χ2v) is 9.70. The van der Waals surface area contributed by atoms with Crippen molar-refractivity contribution < 1.29 is 23.1 Å². The summed E-state index contributed by atoms with van der Waals surface area (Å²) in [7, 11) is -3.62. The third kappa shape index (κ3) is 6.30. The summed E-state index contributed by atoms with van der Waals surface area (Å²) in [4.78, 5) is 24.6. The number of benzene rings is 2. The van der Waals surface area contributed by atoms with Crippen LogP contribution >= 0.6 is 0 Å². The van der Waals surface area contributed by atoms with E-state index in [2.05, 4.69) is 10.6 Å². The summed E-state index contributed by atoms with van der Waals surface area (Å²) in [5, 5.41) is 14.9. The maximum atomic E-state index is 13.0. The molecule has 0 aliphatic carbocycles. The van der Waals surface area contributed by atoms with Crippen molar-refractivity contribution >= 4 is 21.8 Å². The van der Waals surface area contributed by atoms with Crippen molar-refractivity contribution in [3.05, 3.63) is 59.7 Å². The minimum Gasteiger partial charge on any atom is -0.508 e. The molecule has 1 saturated heterocycles. The van der Waals surface area contributed by atoms with Crippen LogP contribution in [0.2, 0.25) is 0 Å². The molecule has 0 atom stereocenters. The van der Waals surface area contributed by atoms with Crippen LogP contribution in [0.3, 0.4) is 0 Å². The van der Waals surface area contributed by atoms with Gasteiger partial charge in [-0.1, -0.05) is 25.0 Å². The molecule has 1 aliphatic rings. The third-order valence-electron chi connectivity index (χ3n) is 5.33. The quantitative estimate of drug-likeness (QED) is 0.525. The van der Waals surface area contributed by atoms with E-state index in [-0.39, 0.29) is 28.0 Å². The third-order valence-corrected chi connectivity index (χ3v) is 7.23. The number of rotatable bonds is 8. The molecular formula is C23H29N3O5S. The number of hydrogen-bond donors (Lipinski definition) is 3.